The molecule has 38 heavy (non-hydrogen) atoms. The molecule has 0 radical (unpaired) electrons. The SMILES string of the molecule is Cc1ccc(C(C)C)cc1N1CCc2nc(-c3cccc4[nH]cc(C)c34)nc(N3CCCC(C)(O)C3)c2C1. The number of fused-ring (bicyclic) bond motifs is 2. The number of aromatic amines is 1. The lowest BCUT2D eigenvalue weighted by molar-refractivity contribution is 0.0446. The molecule has 0 saturated carbocycles. The van der Waals surface area contributed by atoms with Gasteiger partial charge in [-0.05, 0) is 68.4 Å². The van der Waals surface area contributed by atoms with Crippen LogP contribution in [-0.4, -0.2) is 45.3 Å². The molecule has 1 unspecified atom stereocenters. The second kappa shape index (κ2) is 9.42. The third-order valence-corrected chi connectivity index (χ3v) is 8.40. The minimum atomic E-state index is -0.718. The molecule has 4 heterocycles. The van der Waals surface area contributed by atoms with E-state index in [4.69, 9.17) is 9.97 Å². The van der Waals surface area contributed by atoms with Gasteiger partial charge in [0.15, 0.2) is 5.82 Å². The molecule has 4 aromatic rings. The first-order valence-electron chi connectivity index (χ1n) is 14.0. The van der Waals surface area contributed by atoms with E-state index in [1.54, 1.807) is 0 Å². The van der Waals surface area contributed by atoms with Crippen molar-refractivity contribution >= 4 is 22.4 Å². The van der Waals surface area contributed by atoms with Gasteiger partial charge >= 0.3 is 0 Å². The van der Waals surface area contributed by atoms with Gasteiger partial charge in [-0.2, -0.15) is 0 Å². The Hall–Kier alpha value is -3.38. The van der Waals surface area contributed by atoms with Crippen LogP contribution in [0.3, 0.4) is 0 Å². The molecule has 1 fully saturated rings. The summed E-state index contributed by atoms with van der Waals surface area (Å²) < 4.78 is 0. The number of hydrogen-bond donors (Lipinski definition) is 2. The van der Waals surface area contributed by atoms with Gasteiger partial charge in [-0.25, -0.2) is 9.97 Å². The Bertz CT molecular complexity index is 1500. The number of anilines is 2. The van der Waals surface area contributed by atoms with E-state index in [0.717, 1.165) is 67.3 Å². The highest BCUT2D eigenvalue weighted by atomic mass is 16.3. The number of H-pyrrole nitrogens is 1. The number of aryl methyl sites for hydroxylation is 2. The van der Waals surface area contributed by atoms with Crippen LogP contribution in [0.5, 0.6) is 0 Å². The highest BCUT2D eigenvalue weighted by molar-refractivity contribution is 5.96. The van der Waals surface area contributed by atoms with Crippen molar-refractivity contribution in [3.05, 3.63) is 70.5 Å². The Kier molecular flexibility index (Phi) is 6.18. The smallest absolute Gasteiger partial charge is 0.162 e. The molecule has 2 aliphatic rings. The zero-order valence-electron chi connectivity index (χ0n) is 23.3. The lowest BCUT2D eigenvalue weighted by atomic mass is 9.94. The van der Waals surface area contributed by atoms with E-state index in [0.29, 0.717) is 12.5 Å². The van der Waals surface area contributed by atoms with Crippen LogP contribution in [0.1, 0.15) is 67.5 Å². The molecule has 2 N–H and O–H groups in total. The molecule has 2 aliphatic heterocycles. The minimum Gasteiger partial charge on any atom is -0.388 e. The van der Waals surface area contributed by atoms with Crippen LogP contribution in [0.25, 0.3) is 22.3 Å². The molecule has 0 aliphatic carbocycles. The first kappa shape index (κ1) is 24.9. The van der Waals surface area contributed by atoms with Crippen molar-refractivity contribution in [3.63, 3.8) is 0 Å². The Balaban J connectivity index is 1.47. The normalized spacial score (nSPS) is 19.9. The quantitative estimate of drug-likeness (QED) is 0.339. The minimum absolute atomic E-state index is 0.489. The van der Waals surface area contributed by atoms with Gasteiger partial charge in [0.1, 0.15) is 5.82 Å². The number of hydrogen-bond acceptors (Lipinski definition) is 5. The molecule has 6 rings (SSSR count). The summed E-state index contributed by atoms with van der Waals surface area (Å²) in [5, 5.41) is 12.2. The van der Waals surface area contributed by atoms with Crippen LogP contribution in [0.2, 0.25) is 0 Å². The summed E-state index contributed by atoms with van der Waals surface area (Å²) in [4.78, 5) is 18.7. The third-order valence-electron chi connectivity index (χ3n) is 8.40. The van der Waals surface area contributed by atoms with Gasteiger partial charge in [0, 0.05) is 66.5 Å². The number of rotatable bonds is 4. The Morgan fingerprint density at radius 2 is 1.87 bits per heavy atom. The predicted molar refractivity (Wildman–Crippen MR) is 156 cm³/mol. The molecule has 0 bridgehead atoms. The van der Waals surface area contributed by atoms with E-state index < -0.39 is 5.60 Å². The predicted octanol–water partition coefficient (Wildman–Crippen LogP) is 6.28. The molecular weight excluding hydrogens is 470 g/mol. The number of nitrogens with one attached hydrogen (secondary N) is 1. The highest BCUT2D eigenvalue weighted by Gasteiger charge is 2.33. The Morgan fingerprint density at radius 3 is 2.66 bits per heavy atom. The van der Waals surface area contributed by atoms with Gasteiger partial charge in [0.25, 0.3) is 0 Å². The topological polar surface area (TPSA) is 68.3 Å². The summed E-state index contributed by atoms with van der Waals surface area (Å²) in [5.41, 5.74) is 8.95. The first-order chi connectivity index (χ1) is 18.2. The van der Waals surface area contributed by atoms with Crippen molar-refractivity contribution in [1.82, 2.24) is 15.0 Å². The fourth-order valence-electron chi connectivity index (χ4n) is 6.25. The zero-order chi connectivity index (χ0) is 26.6. The number of piperidine rings is 1. The lowest BCUT2D eigenvalue weighted by Gasteiger charge is -2.40. The van der Waals surface area contributed by atoms with E-state index in [1.807, 2.05) is 6.92 Å². The van der Waals surface area contributed by atoms with Gasteiger partial charge in [-0.15, -0.1) is 0 Å². The monoisotopic (exact) mass is 509 g/mol. The maximum atomic E-state index is 11.0. The highest BCUT2D eigenvalue weighted by Crippen LogP contribution is 2.37. The van der Waals surface area contributed by atoms with E-state index in [1.165, 1.54) is 33.3 Å². The first-order valence-corrected chi connectivity index (χ1v) is 14.0. The van der Waals surface area contributed by atoms with Crippen LogP contribution in [0.4, 0.5) is 11.5 Å². The fraction of sp³-hybridized carbons (Fsp3) is 0.438. The molecule has 1 saturated heterocycles. The van der Waals surface area contributed by atoms with Gasteiger partial charge in [0.2, 0.25) is 0 Å². The summed E-state index contributed by atoms with van der Waals surface area (Å²) >= 11 is 0. The van der Waals surface area contributed by atoms with Crippen LogP contribution in [-0.2, 0) is 13.0 Å². The van der Waals surface area contributed by atoms with Crippen LogP contribution >= 0.6 is 0 Å². The molecule has 6 heteroatoms. The van der Waals surface area contributed by atoms with E-state index in [-0.39, 0.29) is 0 Å². The summed E-state index contributed by atoms with van der Waals surface area (Å²) in [5.74, 6) is 2.25. The summed E-state index contributed by atoms with van der Waals surface area (Å²) in [6, 6.07) is 13.2. The third kappa shape index (κ3) is 4.45. The fourth-order valence-corrected chi connectivity index (χ4v) is 6.25. The van der Waals surface area contributed by atoms with Gasteiger partial charge < -0.3 is 19.9 Å². The summed E-state index contributed by atoms with van der Waals surface area (Å²) in [6.45, 7) is 14.0. The van der Waals surface area contributed by atoms with Gasteiger partial charge in [-0.3, -0.25) is 0 Å². The van der Waals surface area contributed by atoms with E-state index in [2.05, 4.69) is 85.1 Å². The molecule has 1 atom stereocenters. The van der Waals surface area contributed by atoms with Crippen molar-refractivity contribution in [2.75, 3.05) is 29.4 Å². The second-order valence-electron chi connectivity index (χ2n) is 11.9. The van der Waals surface area contributed by atoms with E-state index >= 15 is 0 Å². The molecule has 0 spiro atoms. The lowest BCUT2D eigenvalue weighted by Crippen LogP contribution is -2.47. The molecular formula is C32H39N5O. The van der Waals surface area contributed by atoms with Crippen molar-refractivity contribution in [1.29, 1.82) is 0 Å². The largest absolute Gasteiger partial charge is 0.388 e. The molecule has 2 aromatic carbocycles. The van der Waals surface area contributed by atoms with Gasteiger partial charge in [0.05, 0.1) is 11.3 Å². The number of nitrogens with zero attached hydrogens (tertiary/aromatic N) is 4. The second-order valence-corrected chi connectivity index (χ2v) is 11.9. The molecule has 198 valence electrons. The van der Waals surface area contributed by atoms with Crippen LogP contribution < -0.4 is 9.80 Å². The van der Waals surface area contributed by atoms with E-state index in [9.17, 15) is 5.11 Å². The zero-order valence-corrected chi connectivity index (χ0v) is 23.3. The maximum Gasteiger partial charge on any atom is 0.162 e. The number of aromatic nitrogens is 3. The van der Waals surface area contributed by atoms with Crippen molar-refractivity contribution in [2.24, 2.45) is 0 Å². The standard InChI is InChI=1S/C32H39N5O/c1-20(2)23-11-10-21(3)28(16-23)36-15-12-26-25(18-36)31(37-14-7-13-32(5,38)19-37)35-30(34-26)24-8-6-9-27-29(24)22(4)17-33-27/h6,8-11,16-17,20,33,38H,7,12-15,18-19H2,1-5H3. The van der Waals surface area contributed by atoms with Crippen molar-refractivity contribution in [3.8, 4) is 11.4 Å². The summed E-state index contributed by atoms with van der Waals surface area (Å²) in [6.07, 6.45) is 4.70. The maximum absolute atomic E-state index is 11.0. The number of aliphatic hydroxyl groups is 1. The summed E-state index contributed by atoms with van der Waals surface area (Å²) in [7, 11) is 0. The molecule has 2 aromatic heterocycles. The average molecular weight is 510 g/mol. The van der Waals surface area contributed by atoms with Crippen molar-refractivity contribution in [2.45, 2.75) is 71.9 Å². The van der Waals surface area contributed by atoms with Gasteiger partial charge in [-0.1, -0.05) is 38.1 Å². The molecule has 6 nitrogen and oxygen atoms in total. The number of benzene rings is 2. The Labute approximate surface area is 225 Å². The number of β-amino-alcohol motifs (C(OH)–C–C–N with tert-alkyl or cyclic N) is 1. The van der Waals surface area contributed by atoms with Crippen molar-refractivity contribution < 1.29 is 5.11 Å². The molecule has 0 amide bonds. The van der Waals surface area contributed by atoms with Crippen LogP contribution in [0.15, 0.2) is 42.6 Å². The average Bonchev–Trinajstić information content (AvgIpc) is 3.28. The van der Waals surface area contributed by atoms with Crippen LogP contribution in [0, 0.1) is 13.8 Å². The Morgan fingerprint density at radius 1 is 1.03 bits per heavy atom.